The molecule has 2 heterocycles. The molecule has 0 aliphatic heterocycles. The highest BCUT2D eigenvalue weighted by Crippen LogP contribution is 2.15. The van der Waals surface area contributed by atoms with Crippen LogP contribution in [0, 0.1) is 0 Å². The fraction of sp³-hybridized carbons (Fsp3) is 0.357. The van der Waals surface area contributed by atoms with Gasteiger partial charge in [-0.1, -0.05) is 17.7 Å². The minimum absolute atomic E-state index is 0.146. The van der Waals surface area contributed by atoms with Crippen molar-refractivity contribution in [2.24, 2.45) is 0 Å². The standard InChI is InChI=1S/C14H17ClN4O2/c1-21-8-7-19-14(20)13(15)12(10-18-19)17-6-4-11-3-2-5-16-9-11/h2-3,5,9-10,17H,4,6-8H2,1H3. The van der Waals surface area contributed by atoms with E-state index in [1.165, 1.54) is 4.68 Å². The summed E-state index contributed by atoms with van der Waals surface area (Å²) in [6, 6.07) is 3.89. The van der Waals surface area contributed by atoms with Crippen molar-refractivity contribution in [1.82, 2.24) is 14.8 Å². The topological polar surface area (TPSA) is 69.0 Å². The summed E-state index contributed by atoms with van der Waals surface area (Å²) in [4.78, 5) is 16.0. The first-order valence-electron chi connectivity index (χ1n) is 6.59. The molecule has 0 saturated carbocycles. The lowest BCUT2D eigenvalue weighted by Gasteiger charge is -2.10. The number of halogens is 1. The molecular formula is C14H17ClN4O2. The van der Waals surface area contributed by atoms with E-state index in [2.05, 4.69) is 15.4 Å². The van der Waals surface area contributed by atoms with Crippen LogP contribution in [0.5, 0.6) is 0 Å². The minimum atomic E-state index is -0.319. The maximum absolute atomic E-state index is 12.0. The predicted octanol–water partition coefficient (Wildman–Crippen LogP) is 1.59. The number of rotatable bonds is 7. The molecular weight excluding hydrogens is 292 g/mol. The molecule has 2 aromatic heterocycles. The van der Waals surface area contributed by atoms with Crippen LogP contribution in [0.1, 0.15) is 5.56 Å². The Morgan fingerprint density at radius 1 is 1.43 bits per heavy atom. The lowest BCUT2D eigenvalue weighted by Crippen LogP contribution is -2.26. The van der Waals surface area contributed by atoms with Gasteiger partial charge in [-0.05, 0) is 18.1 Å². The maximum Gasteiger partial charge on any atom is 0.287 e. The van der Waals surface area contributed by atoms with Gasteiger partial charge in [0.25, 0.3) is 5.56 Å². The molecule has 0 spiro atoms. The maximum atomic E-state index is 12.0. The summed E-state index contributed by atoms with van der Waals surface area (Å²) in [7, 11) is 1.57. The van der Waals surface area contributed by atoms with Crippen LogP contribution in [-0.2, 0) is 17.7 Å². The lowest BCUT2D eigenvalue weighted by atomic mass is 10.2. The monoisotopic (exact) mass is 308 g/mol. The molecule has 0 fully saturated rings. The molecule has 112 valence electrons. The summed E-state index contributed by atoms with van der Waals surface area (Å²) in [6.07, 6.45) is 5.89. The first kappa shape index (κ1) is 15.5. The lowest BCUT2D eigenvalue weighted by molar-refractivity contribution is 0.182. The third-order valence-corrected chi connectivity index (χ3v) is 3.31. The Bertz CT molecular complexity index is 631. The average molecular weight is 309 g/mol. The van der Waals surface area contributed by atoms with E-state index in [-0.39, 0.29) is 10.6 Å². The van der Waals surface area contributed by atoms with Crippen molar-refractivity contribution in [2.75, 3.05) is 25.6 Å². The van der Waals surface area contributed by atoms with Crippen LogP contribution < -0.4 is 10.9 Å². The minimum Gasteiger partial charge on any atom is -0.383 e. The van der Waals surface area contributed by atoms with E-state index in [1.807, 2.05) is 18.3 Å². The van der Waals surface area contributed by atoms with Gasteiger partial charge in [0.15, 0.2) is 0 Å². The molecule has 0 saturated heterocycles. The van der Waals surface area contributed by atoms with Crippen molar-refractivity contribution in [3.05, 3.63) is 51.7 Å². The molecule has 0 aliphatic carbocycles. The van der Waals surface area contributed by atoms with Crippen molar-refractivity contribution >= 4 is 17.3 Å². The van der Waals surface area contributed by atoms with E-state index in [9.17, 15) is 4.79 Å². The molecule has 21 heavy (non-hydrogen) atoms. The number of hydrogen-bond donors (Lipinski definition) is 1. The molecule has 6 nitrogen and oxygen atoms in total. The molecule has 0 aromatic carbocycles. The number of pyridine rings is 1. The van der Waals surface area contributed by atoms with E-state index >= 15 is 0 Å². The van der Waals surface area contributed by atoms with E-state index < -0.39 is 0 Å². The zero-order chi connectivity index (χ0) is 15.1. The first-order valence-corrected chi connectivity index (χ1v) is 6.97. The summed E-state index contributed by atoms with van der Waals surface area (Å²) >= 11 is 6.07. The van der Waals surface area contributed by atoms with E-state index in [0.29, 0.717) is 25.4 Å². The van der Waals surface area contributed by atoms with Crippen molar-refractivity contribution in [2.45, 2.75) is 13.0 Å². The number of aromatic nitrogens is 3. The van der Waals surface area contributed by atoms with Crippen LogP contribution in [0.4, 0.5) is 5.69 Å². The number of nitrogens with one attached hydrogen (secondary N) is 1. The van der Waals surface area contributed by atoms with E-state index in [1.54, 1.807) is 19.5 Å². The van der Waals surface area contributed by atoms with Gasteiger partial charge < -0.3 is 10.1 Å². The second-order valence-corrected chi connectivity index (χ2v) is 4.81. The second-order valence-electron chi connectivity index (χ2n) is 4.43. The first-order chi connectivity index (χ1) is 10.2. The zero-order valence-electron chi connectivity index (χ0n) is 11.8. The van der Waals surface area contributed by atoms with E-state index in [4.69, 9.17) is 16.3 Å². The van der Waals surface area contributed by atoms with Gasteiger partial charge >= 0.3 is 0 Å². The van der Waals surface area contributed by atoms with Gasteiger partial charge in [-0.3, -0.25) is 9.78 Å². The van der Waals surface area contributed by atoms with Crippen molar-refractivity contribution < 1.29 is 4.74 Å². The normalized spacial score (nSPS) is 10.6. The van der Waals surface area contributed by atoms with Crippen LogP contribution in [0.2, 0.25) is 5.02 Å². The molecule has 1 N–H and O–H groups in total. The molecule has 2 rings (SSSR count). The molecule has 0 aliphatic rings. The van der Waals surface area contributed by atoms with Gasteiger partial charge in [-0.25, -0.2) is 4.68 Å². The summed E-state index contributed by atoms with van der Waals surface area (Å²) < 4.78 is 6.21. The zero-order valence-corrected chi connectivity index (χ0v) is 12.5. The van der Waals surface area contributed by atoms with Crippen LogP contribution in [0.25, 0.3) is 0 Å². The summed E-state index contributed by atoms with van der Waals surface area (Å²) in [6.45, 7) is 1.44. The third kappa shape index (κ3) is 4.27. The molecule has 0 atom stereocenters. The molecule has 0 bridgehead atoms. The Morgan fingerprint density at radius 2 is 2.29 bits per heavy atom. The Labute approximate surface area is 127 Å². The molecule has 2 aromatic rings. The fourth-order valence-electron chi connectivity index (χ4n) is 1.81. The van der Waals surface area contributed by atoms with E-state index in [0.717, 1.165) is 12.0 Å². The summed E-state index contributed by atoms with van der Waals surface area (Å²) in [5, 5.41) is 7.33. The van der Waals surface area contributed by atoms with Crippen molar-refractivity contribution in [1.29, 1.82) is 0 Å². The Kier molecular flexibility index (Phi) is 5.71. The third-order valence-electron chi connectivity index (χ3n) is 2.94. The smallest absolute Gasteiger partial charge is 0.287 e. The van der Waals surface area contributed by atoms with Gasteiger partial charge in [0.2, 0.25) is 0 Å². The Hall–Kier alpha value is -1.92. The van der Waals surface area contributed by atoms with Crippen molar-refractivity contribution in [3.63, 3.8) is 0 Å². The second kappa shape index (κ2) is 7.75. The highest BCUT2D eigenvalue weighted by atomic mass is 35.5. The summed E-state index contributed by atoms with van der Waals surface area (Å²) in [5.74, 6) is 0. The largest absolute Gasteiger partial charge is 0.383 e. The van der Waals surface area contributed by atoms with Crippen LogP contribution in [0.3, 0.4) is 0 Å². The number of methoxy groups -OCH3 is 1. The van der Waals surface area contributed by atoms with Crippen LogP contribution >= 0.6 is 11.6 Å². The quantitative estimate of drug-likeness (QED) is 0.841. The van der Waals surface area contributed by atoms with Gasteiger partial charge in [0.1, 0.15) is 5.02 Å². The van der Waals surface area contributed by atoms with Gasteiger partial charge in [-0.15, -0.1) is 0 Å². The molecule has 0 unspecified atom stereocenters. The Balaban J connectivity index is 1.97. The average Bonchev–Trinajstić information content (AvgIpc) is 2.52. The number of ether oxygens (including phenoxy) is 1. The van der Waals surface area contributed by atoms with Crippen LogP contribution in [-0.4, -0.2) is 35.0 Å². The van der Waals surface area contributed by atoms with Gasteiger partial charge in [0.05, 0.1) is 25.0 Å². The van der Waals surface area contributed by atoms with Crippen molar-refractivity contribution in [3.8, 4) is 0 Å². The van der Waals surface area contributed by atoms with Gasteiger partial charge in [-0.2, -0.15) is 5.10 Å². The summed E-state index contributed by atoms with van der Waals surface area (Å²) in [5.41, 5.74) is 1.34. The molecule has 7 heteroatoms. The van der Waals surface area contributed by atoms with Gasteiger partial charge in [0, 0.05) is 26.0 Å². The Morgan fingerprint density at radius 3 is 3.00 bits per heavy atom. The highest BCUT2D eigenvalue weighted by molar-refractivity contribution is 6.32. The fourth-order valence-corrected chi connectivity index (χ4v) is 2.03. The predicted molar refractivity (Wildman–Crippen MR) is 81.8 cm³/mol. The number of hydrogen-bond acceptors (Lipinski definition) is 5. The highest BCUT2D eigenvalue weighted by Gasteiger charge is 2.08. The van der Waals surface area contributed by atoms with Crippen LogP contribution in [0.15, 0.2) is 35.5 Å². The SMILES string of the molecule is COCCn1ncc(NCCc2cccnc2)c(Cl)c1=O. The number of anilines is 1. The molecule has 0 radical (unpaired) electrons. The number of nitrogens with zero attached hydrogens (tertiary/aromatic N) is 3. The molecule has 0 amide bonds.